The lowest BCUT2D eigenvalue weighted by molar-refractivity contribution is -0.588. The zero-order valence-corrected chi connectivity index (χ0v) is 23.6. The van der Waals surface area contributed by atoms with E-state index in [-0.39, 0.29) is 37.0 Å². The van der Waals surface area contributed by atoms with E-state index < -0.39 is 54.7 Å². The Bertz CT molecular complexity index is 894. The first-order valence-electron chi connectivity index (χ1n) is 14.4. The number of nitrogens with zero attached hydrogens (tertiary/aromatic N) is 1. The van der Waals surface area contributed by atoms with Crippen LogP contribution in [0.5, 0.6) is 0 Å². The highest BCUT2D eigenvalue weighted by Crippen LogP contribution is 2.66. The molecule has 0 aromatic rings. The van der Waals surface area contributed by atoms with Crippen LogP contribution >= 0.6 is 0 Å². The fourth-order valence-electron chi connectivity index (χ4n) is 7.30. The fourth-order valence-corrected chi connectivity index (χ4v) is 7.30. The molecule has 6 rings (SSSR count). The van der Waals surface area contributed by atoms with Crippen molar-refractivity contribution < 1.29 is 53.6 Å². The second kappa shape index (κ2) is 11.0. The molecule has 7 unspecified atom stereocenters. The second-order valence-electron chi connectivity index (χ2n) is 12.5. The number of carbonyl (C=O) groups excluding carboxylic acids is 1. The summed E-state index contributed by atoms with van der Waals surface area (Å²) >= 11 is 0. The summed E-state index contributed by atoms with van der Waals surface area (Å²) in [6.45, 7) is 10.2. The molecule has 1 aliphatic carbocycles. The zero-order chi connectivity index (χ0) is 28.2. The topological polar surface area (TPSA) is 146 Å². The minimum Gasteiger partial charge on any atom is -0.416 e. The third kappa shape index (κ3) is 4.89. The molecule has 3 N–H and O–H groups in total. The van der Waals surface area contributed by atoms with Gasteiger partial charge >= 0.3 is 6.09 Å². The largest absolute Gasteiger partial charge is 0.416 e. The maximum Gasteiger partial charge on any atom is 0.414 e. The van der Waals surface area contributed by atoms with Crippen LogP contribution in [0.1, 0.15) is 73.1 Å². The predicted molar refractivity (Wildman–Crippen MR) is 133 cm³/mol. The Morgan fingerprint density at radius 2 is 1.85 bits per heavy atom. The highest BCUT2D eigenvalue weighted by molar-refractivity contribution is 5.67. The molecule has 0 aromatic heterocycles. The number of carbonyl (C=O) groups is 1. The number of rotatable bonds is 7. The Labute approximate surface area is 229 Å². The quantitative estimate of drug-likeness (QED) is 0.312. The molecule has 39 heavy (non-hydrogen) atoms. The lowest BCUT2D eigenvalue weighted by atomic mass is 9.50. The van der Waals surface area contributed by atoms with Gasteiger partial charge in [-0.25, -0.2) is 14.6 Å². The Balaban J connectivity index is 1.30. The van der Waals surface area contributed by atoms with Gasteiger partial charge in [-0.05, 0) is 44.4 Å². The fraction of sp³-hybridized carbons (Fsp3) is 0.963. The van der Waals surface area contributed by atoms with Gasteiger partial charge in [-0.3, -0.25) is 4.90 Å². The Kier molecular flexibility index (Phi) is 8.26. The van der Waals surface area contributed by atoms with Crippen molar-refractivity contribution in [2.45, 2.75) is 122 Å². The smallest absolute Gasteiger partial charge is 0.414 e. The molecule has 1 spiro atoms. The van der Waals surface area contributed by atoms with Crippen LogP contribution < -0.4 is 0 Å². The summed E-state index contributed by atoms with van der Waals surface area (Å²) in [6, 6.07) is 0. The molecule has 1 saturated carbocycles. The van der Waals surface area contributed by atoms with Gasteiger partial charge in [0.05, 0.1) is 18.8 Å². The first-order valence-corrected chi connectivity index (χ1v) is 14.4. The van der Waals surface area contributed by atoms with Gasteiger partial charge in [0, 0.05) is 30.7 Å². The van der Waals surface area contributed by atoms with Crippen LogP contribution in [0.2, 0.25) is 0 Å². The van der Waals surface area contributed by atoms with E-state index in [9.17, 15) is 20.1 Å². The Morgan fingerprint density at radius 3 is 2.56 bits per heavy atom. The molecule has 5 aliphatic heterocycles. The van der Waals surface area contributed by atoms with Crippen molar-refractivity contribution in [3.63, 3.8) is 0 Å². The minimum absolute atomic E-state index is 0.0430. The molecular weight excluding hydrogens is 514 g/mol. The van der Waals surface area contributed by atoms with Crippen LogP contribution in [0.15, 0.2) is 0 Å². The van der Waals surface area contributed by atoms with Gasteiger partial charge < -0.3 is 39.0 Å². The minimum atomic E-state index is -1.42. The molecule has 6 fully saturated rings. The molecule has 0 aromatic carbocycles. The molecule has 5 saturated heterocycles. The highest BCUT2D eigenvalue weighted by atomic mass is 17.3. The van der Waals surface area contributed by atoms with Crippen LogP contribution in [0.4, 0.5) is 4.79 Å². The number of hydrogen-bond donors (Lipinski definition) is 3. The van der Waals surface area contributed by atoms with Crippen LogP contribution in [0.25, 0.3) is 0 Å². The van der Waals surface area contributed by atoms with Crippen LogP contribution in [-0.2, 0) is 33.5 Å². The molecule has 1 amide bonds. The molecule has 12 atom stereocenters. The predicted octanol–water partition coefficient (Wildman–Crippen LogP) is 2.24. The Morgan fingerprint density at radius 1 is 1.08 bits per heavy atom. The molecule has 12 heteroatoms. The average Bonchev–Trinajstić information content (AvgIpc) is 3.14. The molecule has 6 aliphatic rings. The van der Waals surface area contributed by atoms with Gasteiger partial charge in [-0.15, -0.1) is 0 Å². The maximum atomic E-state index is 13.1. The number of aliphatic hydroxyl groups is 3. The normalized spacial score (nSPS) is 49.2. The third-order valence-electron chi connectivity index (χ3n) is 9.96. The maximum absolute atomic E-state index is 13.1. The van der Waals surface area contributed by atoms with Crippen molar-refractivity contribution in [1.82, 2.24) is 4.90 Å². The van der Waals surface area contributed by atoms with Crippen LogP contribution in [0.3, 0.4) is 0 Å². The summed E-state index contributed by atoms with van der Waals surface area (Å²) in [5, 5.41) is 29.8. The standard InChI is InChI=1S/C27H45NO11/c1-6-11-28(24(32)36-22-20(31)19(30)12-17(13-29)34-22)14-33-21-16(3)25(4)9-7-15(2)18-8-10-26(5)37-23(35-21)27(18,25)39-38-26/h15-23,29-31H,6-14H2,1-5H3/t15-,16?,17?,18?,19?,20-,21?,22?,23?,25+,26-,27+/m1/s1. The monoisotopic (exact) mass is 559 g/mol. The number of aliphatic hydroxyl groups excluding tert-OH is 3. The first kappa shape index (κ1) is 29.4. The van der Waals surface area contributed by atoms with E-state index in [1.807, 2.05) is 13.8 Å². The van der Waals surface area contributed by atoms with Crippen molar-refractivity contribution >= 4 is 6.09 Å². The summed E-state index contributed by atoms with van der Waals surface area (Å²) in [5.74, 6) is -0.380. The zero-order valence-electron chi connectivity index (χ0n) is 23.6. The van der Waals surface area contributed by atoms with E-state index in [0.29, 0.717) is 25.3 Å². The summed E-state index contributed by atoms with van der Waals surface area (Å²) in [7, 11) is 0. The molecule has 12 nitrogen and oxygen atoms in total. The summed E-state index contributed by atoms with van der Waals surface area (Å²) < 4.78 is 30.0. The van der Waals surface area contributed by atoms with Gasteiger partial charge in [0.25, 0.3) is 0 Å². The van der Waals surface area contributed by atoms with E-state index >= 15 is 0 Å². The third-order valence-corrected chi connectivity index (χ3v) is 9.96. The van der Waals surface area contributed by atoms with Crippen molar-refractivity contribution in [1.29, 1.82) is 0 Å². The Hall–Kier alpha value is -1.09. The molecule has 224 valence electrons. The SMILES string of the molecule is CCCN(COC1OC2O[C@@]3(C)CCC4[C@H](C)CC[C@@](C)(C1C)[C@@]24OO3)C(=O)OC1OC(CO)CC(O)[C@H]1O. The summed E-state index contributed by atoms with van der Waals surface area (Å²) in [4.78, 5) is 26.6. The highest BCUT2D eigenvalue weighted by Gasteiger charge is 2.74. The van der Waals surface area contributed by atoms with Crippen molar-refractivity contribution in [3.8, 4) is 0 Å². The summed E-state index contributed by atoms with van der Waals surface area (Å²) in [6.07, 6.45) is -2.66. The number of ether oxygens (including phenoxy) is 5. The second-order valence-corrected chi connectivity index (χ2v) is 12.5. The van der Waals surface area contributed by atoms with Gasteiger partial charge in [-0.1, -0.05) is 27.7 Å². The lowest BCUT2D eigenvalue weighted by Gasteiger charge is -2.65. The van der Waals surface area contributed by atoms with Crippen LogP contribution in [-0.4, -0.2) is 94.8 Å². The van der Waals surface area contributed by atoms with E-state index in [1.54, 1.807) is 0 Å². The van der Waals surface area contributed by atoms with Gasteiger partial charge in [-0.2, -0.15) is 0 Å². The van der Waals surface area contributed by atoms with Crippen molar-refractivity contribution in [3.05, 3.63) is 0 Å². The van der Waals surface area contributed by atoms with Gasteiger partial charge in [0.1, 0.15) is 12.8 Å². The lowest BCUT2D eigenvalue weighted by Crippen LogP contribution is -2.74. The summed E-state index contributed by atoms with van der Waals surface area (Å²) in [5.41, 5.74) is -1.13. The number of fused-ring (bicyclic) bond motifs is 2. The number of amides is 1. The number of hydrogen-bond acceptors (Lipinski definition) is 11. The molecular formula is C27H45NO11. The average molecular weight is 560 g/mol. The van der Waals surface area contributed by atoms with Gasteiger partial charge in [0.2, 0.25) is 12.1 Å². The van der Waals surface area contributed by atoms with E-state index in [0.717, 1.165) is 19.3 Å². The van der Waals surface area contributed by atoms with E-state index in [4.69, 9.17) is 33.5 Å². The molecule has 2 bridgehead atoms. The van der Waals surface area contributed by atoms with E-state index in [1.165, 1.54) is 4.90 Å². The van der Waals surface area contributed by atoms with Crippen LogP contribution in [0, 0.1) is 23.2 Å². The first-order chi connectivity index (χ1) is 18.5. The van der Waals surface area contributed by atoms with Crippen molar-refractivity contribution in [2.24, 2.45) is 23.2 Å². The van der Waals surface area contributed by atoms with E-state index in [2.05, 4.69) is 20.8 Å². The molecule has 5 heterocycles. The van der Waals surface area contributed by atoms with Gasteiger partial charge in [0.15, 0.2) is 18.2 Å². The van der Waals surface area contributed by atoms with Crippen molar-refractivity contribution in [2.75, 3.05) is 19.9 Å². The molecule has 0 radical (unpaired) electrons.